The standard InChI is InChI=1S/C18H12FNO3/c1-11-14-7-4-8-15(19)17(14)23-16(11)18(21)22-10-13-6-3-2-5-12(13)9-20/h2-8H,10H2,1H3. The van der Waals surface area contributed by atoms with Gasteiger partial charge in [0, 0.05) is 16.5 Å². The van der Waals surface area contributed by atoms with Crippen LogP contribution >= 0.6 is 0 Å². The summed E-state index contributed by atoms with van der Waals surface area (Å²) in [5.41, 5.74) is 1.60. The van der Waals surface area contributed by atoms with Gasteiger partial charge in [-0.2, -0.15) is 5.26 Å². The summed E-state index contributed by atoms with van der Waals surface area (Å²) in [6.45, 7) is 1.62. The summed E-state index contributed by atoms with van der Waals surface area (Å²) < 4.78 is 24.2. The number of esters is 1. The van der Waals surface area contributed by atoms with Crippen LogP contribution in [-0.4, -0.2) is 5.97 Å². The highest BCUT2D eigenvalue weighted by atomic mass is 19.1. The third-order valence-corrected chi connectivity index (χ3v) is 3.60. The number of furan rings is 1. The Balaban J connectivity index is 1.86. The summed E-state index contributed by atoms with van der Waals surface area (Å²) in [5, 5.41) is 9.56. The summed E-state index contributed by atoms with van der Waals surface area (Å²) in [6, 6.07) is 13.4. The molecule has 0 N–H and O–H groups in total. The molecule has 0 spiro atoms. The molecule has 0 saturated carbocycles. The smallest absolute Gasteiger partial charge is 0.374 e. The number of hydrogen-bond donors (Lipinski definition) is 0. The monoisotopic (exact) mass is 309 g/mol. The summed E-state index contributed by atoms with van der Waals surface area (Å²) in [7, 11) is 0. The van der Waals surface area contributed by atoms with E-state index < -0.39 is 11.8 Å². The quantitative estimate of drug-likeness (QED) is 0.683. The molecular weight excluding hydrogens is 297 g/mol. The van der Waals surface area contributed by atoms with Crippen LogP contribution in [-0.2, 0) is 11.3 Å². The van der Waals surface area contributed by atoms with Crippen LogP contribution in [0.5, 0.6) is 0 Å². The summed E-state index contributed by atoms with van der Waals surface area (Å²) >= 11 is 0. The first kappa shape index (κ1) is 14.8. The van der Waals surface area contributed by atoms with Crippen molar-refractivity contribution in [1.29, 1.82) is 5.26 Å². The van der Waals surface area contributed by atoms with E-state index in [0.717, 1.165) is 0 Å². The Morgan fingerprint density at radius 1 is 1.26 bits per heavy atom. The zero-order valence-electron chi connectivity index (χ0n) is 12.3. The second kappa shape index (κ2) is 5.93. The maximum absolute atomic E-state index is 13.7. The van der Waals surface area contributed by atoms with Gasteiger partial charge in [-0.25, -0.2) is 9.18 Å². The molecule has 0 fully saturated rings. The molecule has 0 aliphatic carbocycles. The first-order valence-electron chi connectivity index (χ1n) is 6.94. The molecule has 0 unspecified atom stereocenters. The lowest BCUT2D eigenvalue weighted by atomic mass is 10.1. The van der Waals surface area contributed by atoms with Gasteiger partial charge >= 0.3 is 5.97 Å². The Hall–Kier alpha value is -3.13. The lowest BCUT2D eigenvalue weighted by Crippen LogP contribution is -2.06. The van der Waals surface area contributed by atoms with Crippen molar-refractivity contribution in [2.45, 2.75) is 13.5 Å². The number of aryl methyl sites for hydroxylation is 1. The molecule has 5 heteroatoms. The Bertz CT molecular complexity index is 937. The van der Waals surface area contributed by atoms with Crippen LogP contribution in [0.3, 0.4) is 0 Å². The van der Waals surface area contributed by atoms with Crippen molar-refractivity contribution in [1.82, 2.24) is 0 Å². The van der Waals surface area contributed by atoms with Crippen molar-refractivity contribution in [3.8, 4) is 6.07 Å². The molecule has 0 aliphatic heterocycles. The van der Waals surface area contributed by atoms with Crippen molar-refractivity contribution in [3.63, 3.8) is 0 Å². The number of nitrogens with zero attached hydrogens (tertiary/aromatic N) is 1. The maximum atomic E-state index is 13.7. The molecule has 114 valence electrons. The van der Waals surface area contributed by atoms with Crippen LogP contribution in [0.1, 0.15) is 27.2 Å². The van der Waals surface area contributed by atoms with Gasteiger partial charge in [-0.15, -0.1) is 0 Å². The fraction of sp³-hybridized carbons (Fsp3) is 0.111. The van der Waals surface area contributed by atoms with E-state index >= 15 is 0 Å². The first-order chi connectivity index (χ1) is 11.1. The minimum Gasteiger partial charge on any atom is -0.455 e. The first-order valence-corrected chi connectivity index (χ1v) is 6.94. The Kier molecular flexibility index (Phi) is 3.82. The average Bonchev–Trinajstić information content (AvgIpc) is 2.91. The zero-order valence-corrected chi connectivity index (χ0v) is 12.3. The fourth-order valence-corrected chi connectivity index (χ4v) is 2.37. The number of fused-ring (bicyclic) bond motifs is 1. The van der Waals surface area contributed by atoms with E-state index in [1.165, 1.54) is 6.07 Å². The van der Waals surface area contributed by atoms with Crippen molar-refractivity contribution in [3.05, 3.63) is 70.7 Å². The van der Waals surface area contributed by atoms with Crippen LogP contribution in [0, 0.1) is 24.1 Å². The molecule has 3 rings (SSSR count). The van der Waals surface area contributed by atoms with E-state index in [-0.39, 0.29) is 18.0 Å². The summed E-state index contributed by atoms with van der Waals surface area (Å²) in [5.74, 6) is -1.25. The van der Waals surface area contributed by atoms with Gasteiger partial charge in [0.1, 0.15) is 6.61 Å². The molecule has 0 radical (unpaired) electrons. The van der Waals surface area contributed by atoms with E-state index in [9.17, 15) is 9.18 Å². The fourth-order valence-electron chi connectivity index (χ4n) is 2.37. The molecule has 0 saturated heterocycles. The van der Waals surface area contributed by atoms with Crippen LogP contribution in [0.2, 0.25) is 0 Å². The normalized spacial score (nSPS) is 10.5. The van der Waals surface area contributed by atoms with Gasteiger partial charge in [-0.1, -0.05) is 30.3 Å². The Morgan fingerprint density at radius 3 is 2.78 bits per heavy atom. The van der Waals surface area contributed by atoms with Gasteiger partial charge in [0.25, 0.3) is 0 Å². The summed E-state index contributed by atoms with van der Waals surface area (Å²) in [4.78, 5) is 12.2. The van der Waals surface area contributed by atoms with Crippen LogP contribution in [0.4, 0.5) is 4.39 Å². The molecule has 1 heterocycles. The minimum absolute atomic E-state index is 0.0282. The van der Waals surface area contributed by atoms with Crippen molar-refractivity contribution >= 4 is 16.9 Å². The zero-order chi connectivity index (χ0) is 16.4. The van der Waals surface area contributed by atoms with Gasteiger partial charge in [0.05, 0.1) is 11.6 Å². The van der Waals surface area contributed by atoms with E-state index in [4.69, 9.17) is 14.4 Å². The predicted molar refractivity (Wildman–Crippen MR) is 81.2 cm³/mol. The molecule has 0 aliphatic rings. The number of rotatable bonds is 3. The molecule has 2 aromatic carbocycles. The molecule has 0 amide bonds. The Labute approximate surface area is 131 Å². The highest BCUT2D eigenvalue weighted by Gasteiger charge is 2.21. The van der Waals surface area contributed by atoms with E-state index in [0.29, 0.717) is 22.1 Å². The van der Waals surface area contributed by atoms with E-state index in [1.54, 1.807) is 43.3 Å². The number of carbonyl (C=O) groups is 1. The number of benzene rings is 2. The minimum atomic E-state index is -0.689. The third kappa shape index (κ3) is 2.67. The predicted octanol–water partition coefficient (Wildman–Crippen LogP) is 4.11. The SMILES string of the molecule is Cc1c(C(=O)OCc2ccccc2C#N)oc2c(F)cccc12. The largest absolute Gasteiger partial charge is 0.455 e. The molecular formula is C18H12FNO3. The average molecular weight is 309 g/mol. The number of ether oxygens (including phenoxy) is 1. The van der Waals surface area contributed by atoms with Gasteiger partial charge in [0.2, 0.25) is 5.76 Å². The third-order valence-electron chi connectivity index (χ3n) is 3.60. The highest BCUT2D eigenvalue weighted by Crippen LogP contribution is 2.28. The lowest BCUT2D eigenvalue weighted by Gasteiger charge is -2.05. The molecule has 4 nitrogen and oxygen atoms in total. The van der Waals surface area contributed by atoms with Gasteiger partial charge < -0.3 is 9.15 Å². The number of hydrogen-bond acceptors (Lipinski definition) is 4. The number of carbonyl (C=O) groups excluding carboxylic acids is 1. The van der Waals surface area contributed by atoms with Crippen LogP contribution in [0.15, 0.2) is 46.9 Å². The molecule has 0 atom stereocenters. The Morgan fingerprint density at radius 2 is 2.04 bits per heavy atom. The van der Waals surface area contributed by atoms with Crippen LogP contribution in [0.25, 0.3) is 11.0 Å². The molecule has 3 aromatic rings. The van der Waals surface area contributed by atoms with Crippen molar-refractivity contribution in [2.24, 2.45) is 0 Å². The van der Waals surface area contributed by atoms with E-state index in [2.05, 4.69) is 0 Å². The molecule has 1 aromatic heterocycles. The van der Waals surface area contributed by atoms with Crippen LogP contribution < -0.4 is 0 Å². The highest BCUT2D eigenvalue weighted by molar-refractivity contribution is 5.96. The summed E-state index contributed by atoms with van der Waals surface area (Å²) in [6.07, 6.45) is 0. The topological polar surface area (TPSA) is 63.2 Å². The van der Waals surface area contributed by atoms with E-state index in [1.807, 2.05) is 6.07 Å². The molecule has 0 bridgehead atoms. The number of nitriles is 1. The lowest BCUT2D eigenvalue weighted by molar-refractivity contribution is 0.0437. The van der Waals surface area contributed by atoms with Gasteiger partial charge in [0.15, 0.2) is 11.4 Å². The second-order valence-electron chi connectivity index (χ2n) is 5.02. The van der Waals surface area contributed by atoms with Gasteiger partial charge in [-0.05, 0) is 19.1 Å². The number of halogens is 1. The second-order valence-corrected chi connectivity index (χ2v) is 5.02. The van der Waals surface area contributed by atoms with Gasteiger partial charge in [-0.3, -0.25) is 0 Å². The number of para-hydroxylation sites is 1. The van der Waals surface area contributed by atoms with Crippen molar-refractivity contribution in [2.75, 3.05) is 0 Å². The maximum Gasteiger partial charge on any atom is 0.374 e. The molecule has 23 heavy (non-hydrogen) atoms. The van der Waals surface area contributed by atoms with Crippen molar-refractivity contribution < 1.29 is 18.3 Å².